The molecular weight excluding hydrogens is 360 g/mol. The van der Waals surface area contributed by atoms with Crippen LogP contribution in [0.15, 0.2) is 29.2 Å². The van der Waals surface area contributed by atoms with Gasteiger partial charge in [-0.2, -0.15) is 0 Å². The van der Waals surface area contributed by atoms with Crippen molar-refractivity contribution in [1.29, 1.82) is 0 Å². The van der Waals surface area contributed by atoms with Crippen LogP contribution >= 0.6 is 0 Å². The number of nitrogens with zero attached hydrogens (tertiary/aromatic N) is 2. The number of likely N-dealkylation sites (N-methyl/N-ethyl adjacent to an activating group) is 1. The van der Waals surface area contributed by atoms with Crippen molar-refractivity contribution < 1.29 is 27.9 Å². The lowest BCUT2D eigenvalue weighted by Gasteiger charge is -2.32. The molecule has 1 aliphatic rings. The molecule has 1 aromatic rings. The van der Waals surface area contributed by atoms with E-state index in [1.165, 1.54) is 30.1 Å². The maximum Gasteiger partial charge on any atom is 0.308 e. The zero-order chi connectivity index (χ0) is 19.5. The third kappa shape index (κ3) is 4.60. The number of carboxylic acid groups (broad SMARTS) is 1. The minimum Gasteiger partial charge on any atom is -0.481 e. The van der Waals surface area contributed by atoms with Gasteiger partial charge in [-0.3, -0.25) is 14.4 Å². The van der Waals surface area contributed by atoms with Gasteiger partial charge in [-0.15, -0.1) is 0 Å². The van der Waals surface area contributed by atoms with Crippen LogP contribution in [-0.2, 0) is 19.4 Å². The van der Waals surface area contributed by atoms with Crippen LogP contribution in [0, 0.1) is 5.92 Å². The highest BCUT2D eigenvalue weighted by Gasteiger charge is 2.29. The molecule has 9 heteroatoms. The van der Waals surface area contributed by atoms with Crippen molar-refractivity contribution in [1.82, 2.24) is 9.80 Å². The second-order valence-electron chi connectivity index (χ2n) is 6.45. The molecule has 0 spiro atoms. The summed E-state index contributed by atoms with van der Waals surface area (Å²) in [4.78, 5) is 38.6. The Bertz CT molecular complexity index is 820. The maximum atomic E-state index is 12.6. The van der Waals surface area contributed by atoms with Gasteiger partial charge in [0, 0.05) is 26.4 Å². The number of carbonyl (C=O) groups excluding carboxylic acids is 2. The number of carboxylic acids is 1. The standard InChI is InChI=1S/C17H22N2O6S/c1-18(11-15(20)19-9-5-6-12(10-19)17(22)23)16(21)13-7-3-4-8-14(13)26(2,24)25/h3-4,7-8,12H,5-6,9-11H2,1-2H3,(H,22,23). The fourth-order valence-corrected chi connectivity index (χ4v) is 3.83. The zero-order valence-corrected chi connectivity index (χ0v) is 15.5. The quantitative estimate of drug-likeness (QED) is 0.793. The summed E-state index contributed by atoms with van der Waals surface area (Å²) in [7, 11) is -2.17. The Kier molecular flexibility index (Phi) is 6.01. The van der Waals surface area contributed by atoms with Gasteiger partial charge in [0.05, 0.1) is 22.9 Å². The molecule has 2 amide bonds. The Hall–Kier alpha value is -2.42. The van der Waals surface area contributed by atoms with Gasteiger partial charge < -0.3 is 14.9 Å². The summed E-state index contributed by atoms with van der Waals surface area (Å²) >= 11 is 0. The first kappa shape index (κ1) is 19.9. The van der Waals surface area contributed by atoms with Crippen molar-refractivity contribution in [2.24, 2.45) is 5.92 Å². The summed E-state index contributed by atoms with van der Waals surface area (Å²) in [5.41, 5.74) is 0.00681. The number of benzene rings is 1. The van der Waals surface area contributed by atoms with Crippen LogP contribution in [0.4, 0.5) is 0 Å². The molecule has 1 saturated heterocycles. The van der Waals surface area contributed by atoms with Gasteiger partial charge >= 0.3 is 5.97 Å². The molecule has 142 valence electrons. The SMILES string of the molecule is CN(CC(=O)N1CCCC(C(=O)O)C1)C(=O)c1ccccc1S(C)(=O)=O. The van der Waals surface area contributed by atoms with E-state index in [2.05, 4.69) is 0 Å². The molecule has 26 heavy (non-hydrogen) atoms. The highest BCUT2D eigenvalue weighted by Crippen LogP contribution is 2.19. The summed E-state index contributed by atoms with van der Waals surface area (Å²) in [6.07, 6.45) is 2.14. The summed E-state index contributed by atoms with van der Waals surface area (Å²) in [6.45, 7) is 0.323. The number of piperidine rings is 1. The van der Waals surface area contributed by atoms with E-state index in [4.69, 9.17) is 5.11 Å². The van der Waals surface area contributed by atoms with Crippen molar-refractivity contribution in [3.63, 3.8) is 0 Å². The van der Waals surface area contributed by atoms with Crippen molar-refractivity contribution in [3.8, 4) is 0 Å². The van der Waals surface area contributed by atoms with Crippen molar-refractivity contribution in [2.45, 2.75) is 17.7 Å². The number of aliphatic carboxylic acids is 1. The highest BCUT2D eigenvalue weighted by molar-refractivity contribution is 7.90. The topological polar surface area (TPSA) is 112 Å². The summed E-state index contributed by atoms with van der Waals surface area (Å²) in [6, 6.07) is 5.83. The fraction of sp³-hybridized carbons (Fsp3) is 0.471. The van der Waals surface area contributed by atoms with E-state index in [0.29, 0.717) is 19.4 Å². The Balaban J connectivity index is 2.10. The van der Waals surface area contributed by atoms with Crippen LogP contribution in [0.5, 0.6) is 0 Å². The second-order valence-corrected chi connectivity index (χ2v) is 8.43. The summed E-state index contributed by atoms with van der Waals surface area (Å²) in [5.74, 6) is -2.47. The van der Waals surface area contributed by atoms with Crippen LogP contribution in [-0.4, -0.2) is 74.0 Å². The Morgan fingerprint density at radius 2 is 1.92 bits per heavy atom. The number of carbonyl (C=O) groups is 3. The Labute approximate surface area is 152 Å². The Morgan fingerprint density at radius 3 is 2.54 bits per heavy atom. The minimum atomic E-state index is -3.59. The molecule has 0 aromatic heterocycles. The monoisotopic (exact) mass is 382 g/mol. The molecule has 0 bridgehead atoms. The third-order valence-electron chi connectivity index (χ3n) is 4.36. The van der Waals surface area contributed by atoms with Gasteiger partial charge in [0.2, 0.25) is 5.91 Å². The molecule has 8 nitrogen and oxygen atoms in total. The molecule has 1 fully saturated rings. The number of hydrogen-bond donors (Lipinski definition) is 1. The van der Waals surface area contributed by atoms with E-state index < -0.39 is 27.6 Å². The van der Waals surface area contributed by atoms with Crippen molar-refractivity contribution >= 4 is 27.6 Å². The Morgan fingerprint density at radius 1 is 1.27 bits per heavy atom. The van der Waals surface area contributed by atoms with Gasteiger partial charge in [0.15, 0.2) is 9.84 Å². The molecule has 1 aromatic carbocycles. The third-order valence-corrected chi connectivity index (χ3v) is 5.51. The molecule has 1 atom stereocenters. The zero-order valence-electron chi connectivity index (χ0n) is 14.7. The van der Waals surface area contributed by atoms with Gasteiger partial charge in [-0.25, -0.2) is 8.42 Å². The highest BCUT2D eigenvalue weighted by atomic mass is 32.2. The average Bonchev–Trinajstić information content (AvgIpc) is 2.60. The molecule has 1 aliphatic heterocycles. The fourth-order valence-electron chi connectivity index (χ4n) is 2.95. The molecule has 0 saturated carbocycles. The van der Waals surface area contributed by atoms with E-state index in [-0.39, 0.29) is 29.5 Å². The van der Waals surface area contributed by atoms with E-state index >= 15 is 0 Å². The van der Waals surface area contributed by atoms with Gasteiger partial charge in [-0.1, -0.05) is 12.1 Å². The summed E-state index contributed by atoms with van der Waals surface area (Å²) in [5, 5.41) is 9.10. The number of likely N-dealkylation sites (tertiary alicyclic amines) is 1. The van der Waals surface area contributed by atoms with Crippen LogP contribution in [0.1, 0.15) is 23.2 Å². The van der Waals surface area contributed by atoms with Crippen LogP contribution in [0.25, 0.3) is 0 Å². The maximum absolute atomic E-state index is 12.6. The number of amides is 2. The first-order chi connectivity index (χ1) is 12.1. The van der Waals surface area contributed by atoms with E-state index in [1.54, 1.807) is 6.07 Å². The lowest BCUT2D eigenvalue weighted by Crippen LogP contribution is -2.47. The van der Waals surface area contributed by atoms with Gasteiger partial charge in [0.25, 0.3) is 5.91 Å². The minimum absolute atomic E-state index is 0.00681. The van der Waals surface area contributed by atoms with E-state index in [1.807, 2.05) is 0 Å². The predicted molar refractivity (Wildman–Crippen MR) is 93.5 cm³/mol. The smallest absolute Gasteiger partial charge is 0.308 e. The first-order valence-electron chi connectivity index (χ1n) is 8.16. The van der Waals surface area contributed by atoms with Crippen molar-refractivity contribution in [2.75, 3.05) is 32.9 Å². The average molecular weight is 382 g/mol. The number of hydrogen-bond acceptors (Lipinski definition) is 5. The van der Waals surface area contributed by atoms with Gasteiger partial charge in [0.1, 0.15) is 0 Å². The predicted octanol–water partition coefficient (Wildman–Crippen LogP) is 0.485. The molecule has 1 N–H and O–H groups in total. The van der Waals surface area contributed by atoms with E-state index in [9.17, 15) is 22.8 Å². The second kappa shape index (κ2) is 7.86. The summed E-state index contributed by atoms with van der Waals surface area (Å²) < 4.78 is 23.7. The van der Waals surface area contributed by atoms with E-state index in [0.717, 1.165) is 11.2 Å². The molecule has 1 heterocycles. The molecular formula is C17H22N2O6S. The normalized spacial score (nSPS) is 17.6. The van der Waals surface area contributed by atoms with Crippen LogP contribution in [0.3, 0.4) is 0 Å². The van der Waals surface area contributed by atoms with Crippen LogP contribution < -0.4 is 0 Å². The lowest BCUT2D eigenvalue weighted by atomic mass is 9.98. The number of rotatable bonds is 5. The molecule has 1 unspecified atom stereocenters. The molecule has 2 rings (SSSR count). The number of sulfone groups is 1. The first-order valence-corrected chi connectivity index (χ1v) is 10.1. The van der Waals surface area contributed by atoms with Crippen LogP contribution in [0.2, 0.25) is 0 Å². The van der Waals surface area contributed by atoms with Crippen molar-refractivity contribution in [3.05, 3.63) is 29.8 Å². The van der Waals surface area contributed by atoms with Gasteiger partial charge in [-0.05, 0) is 25.0 Å². The molecule has 0 aliphatic carbocycles. The molecule has 0 radical (unpaired) electrons. The lowest BCUT2D eigenvalue weighted by molar-refractivity contribution is -0.145. The largest absolute Gasteiger partial charge is 0.481 e.